The summed E-state index contributed by atoms with van der Waals surface area (Å²) in [5, 5.41) is 18.9. The van der Waals surface area contributed by atoms with Crippen LogP contribution in [0.25, 0.3) is 0 Å². The van der Waals surface area contributed by atoms with E-state index in [0.717, 1.165) is 47.4 Å². The molecule has 0 aromatic heterocycles. The van der Waals surface area contributed by atoms with Crippen molar-refractivity contribution in [2.75, 3.05) is 6.54 Å². The SMILES string of the molecule is O=C(O)c1cc(C(=O)O)cc(C(=O)N2CC[C@]3(S(=O)(=O)c4ccc(F)cc4)c4ccc(C(F)(C(F)(F)F)C(F)(F)F)cc4CC[C@H]23)c1. The zero-order valence-electron chi connectivity index (χ0n) is 23.5. The molecule has 0 radical (unpaired) electrons. The molecule has 0 bridgehead atoms. The summed E-state index contributed by atoms with van der Waals surface area (Å²) in [5.41, 5.74) is -9.92. The number of rotatable bonds is 6. The van der Waals surface area contributed by atoms with Crippen LogP contribution >= 0.6 is 0 Å². The molecule has 1 amide bonds. The van der Waals surface area contributed by atoms with Crippen LogP contribution in [0.15, 0.2) is 65.6 Å². The fraction of sp³-hybridized carbons (Fsp3) is 0.300. The molecule has 250 valence electrons. The third-order valence-electron chi connectivity index (χ3n) is 8.60. The van der Waals surface area contributed by atoms with Crippen LogP contribution in [-0.2, 0) is 26.7 Å². The number of alkyl halides is 7. The number of aryl methyl sites for hydroxylation is 1. The highest BCUT2D eigenvalue weighted by Gasteiger charge is 2.74. The van der Waals surface area contributed by atoms with Gasteiger partial charge in [0.25, 0.3) is 5.91 Å². The lowest BCUT2D eigenvalue weighted by atomic mass is 9.76. The first-order chi connectivity index (χ1) is 21.7. The Kier molecular flexibility index (Phi) is 7.93. The van der Waals surface area contributed by atoms with Crippen LogP contribution in [-0.4, -0.2) is 66.3 Å². The Morgan fingerprint density at radius 3 is 1.83 bits per heavy atom. The Labute approximate surface area is 260 Å². The van der Waals surface area contributed by atoms with Gasteiger partial charge in [0.2, 0.25) is 0 Å². The highest BCUT2D eigenvalue weighted by Crippen LogP contribution is 2.56. The summed E-state index contributed by atoms with van der Waals surface area (Å²) in [5.74, 6) is -5.00. The van der Waals surface area contributed by atoms with Gasteiger partial charge in [-0.05, 0) is 72.9 Å². The van der Waals surface area contributed by atoms with E-state index in [1.54, 1.807) is 0 Å². The van der Waals surface area contributed by atoms with Crippen LogP contribution < -0.4 is 0 Å². The van der Waals surface area contributed by atoms with Crippen LogP contribution in [0.3, 0.4) is 0 Å². The van der Waals surface area contributed by atoms with Crippen molar-refractivity contribution in [3.63, 3.8) is 0 Å². The lowest BCUT2D eigenvalue weighted by Crippen LogP contribution is -2.53. The molecule has 0 spiro atoms. The van der Waals surface area contributed by atoms with Crippen molar-refractivity contribution in [1.82, 2.24) is 4.90 Å². The number of carboxylic acids is 2. The van der Waals surface area contributed by atoms with Gasteiger partial charge in [0, 0.05) is 17.7 Å². The highest BCUT2D eigenvalue weighted by atomic mass is 32.2. The number of hydrogen-bond donors (Lipinski definition) is 2. The smallest absolute Gasteiger partial charge is 0.435 e. The average Bonchev–Trinajstić information content (AvgIpc) is 3.40. The first-order valence-electron chi connectivity index (χ1n) is 13.6. The van der Waals surface area contributed by atoms with Gasteiger partial charge in [0.15, 0.2) is 9.84 Å². The van der Waals surface area contributed by atoms with Crippen LogP contribution in [0.1, 0.15) is 60.6 Å². The molecular formula is C30H21F8NO7S. The van der Waals surface area contributed by atoms with E-state index in [0.29, 0.717) is 12.1 Å². The van der Waals surface area contributed by atoms with Crippen molar-refractivity contribution in [1.29, 1.82) is 0 Å². The number of nitrogens with zero attached hydrogens (tertiary/aromatic N) is 1. The number of carboxylic acid groups (broad SMARTS) is 2. The van der Waals surface area contributed by atoms with Gasteiger partial charge in [-0.2, -0.15) is 26.3 Å². The van der Waals surface area contributed by atoms with E-state index in [4.69, 9.17) is 0 Å². The number of amides is 1. The number of aromatic carboxylic acids is 2. The third kappa shape index (κ3) is 5.10. The van der Waals surface area contributed by atoms with Gasteiger partial charge in [0.05, 0.1) is 22.1 Å². The number of halogens is 8. The maximum absolute atomic E-state index is 15.0. The summed E-state index contributed by atoms with van der Waals surface area (Å²) < 4.78 is 137. The number of carbonyl (C=O) groups excluding carboxylic acids is 1. The first kappa shape index (κ1) is 33.8. The summed E-state index contributed by atoms with van der Waals surface area (Å²) >= 11 is 0. The van der Waals surface area contributed by atoms with E-state index in [-0.39, 0.29) is 23.6 Å². The average molecular weight is 692 g/mol. The van der Waals surface area contributed by atoms with Gasteiger partial charge >= 0.3 is 30.0 Å². The third-order valence-corrected chi connectivity index (χ3v) is 11.2. The van der Waals surface area contributed by atoms with Crippen molar-refractivity contribution in [3.05, 3.63) is 99.9 Å². The molecule has 2 N–H and O–H groups in total. The number of sulfone groups is 1. The molecular weight excluding hydrogens is 670 g/mol. The molecule has 1 aliphatic carbocycles. The molecule has 2 aliphatic rings. The fourth-order valence-electron chi connectivity index (χ4n) is 6.46. The number of hydrogen-bond acceptors (Lipinski definition) is 5. The van der Waals surface area contributed by atoms with Gasteiger partial charge in [0.1, 0.15) is 10.6 Å². The second kappa shape index (κ2) is 11.0. The molecule has 5 rings (SSSR count). The minimum Gasteiger partial charge on any atom is -0.478 e. The summed E-state index contributed by atoms with van der Waals surface area (Å²) in [6.45, 7) is -0.400. The molecule has 1 heterocycles. The van der Waals surface area contributed by atoms with Crippen LogP contribution in [0.4, 0.5) is 35.1 Å². The van der Waals surface area contributed by atoms with Crippen LogP contribution in [0.2, 0.25) is 0 Å². The van der Waals surface area contributed by atoms with Gasteiger partial charge in [-0.15, -0.1) is 0 Å². The molecule has 47 heavy (non-hydrogen) atoms. The van der Waals surface area contributed by atoms with Gasteiger partial charge in [-0.3, -0.25) is 4.79 Å². The predicted molar refractivity (Wildman–Crippen MR) is 145 cm³/mol. The van der Waals surface area contributed by atoms with Crippen LogP contribution in [0, 0.1) is 5.82 Å². The molecule has 1 aliphatic heterocycles. The Balaban J connectivity index is 1.71. The molecule has 8 nitrogen and oxygen atoms in total. The lowest BCUT2D eigenvalue weighted by Gasteiger charge is -2.43. The Bertz CT molecular complexity index is 1860. The molecule has 3 aromatic carbocycles. The van der Waals surface area contributed by atoms with Gasteiger partial charge < -0.3 is 15.1 Å². The zero-order chi connectivity index (χ0) is 34.9. The Hall–Kier alpha value is -4.54. The predicted octanol–water partition coefficient (Wildman–Crippen LogP) is 6.04. The molecule has 2 atom stereocenters. The lowest BCUT2D eigenvalue weighted by molar-refractivity contribution is -0.348. The van der Waals surface area contributed by atoms with Gasteiger partial charge in [-0.1, -0.05) is 18.2 Å². The maximum Gasteiger partial charge on any atom is 0.435 e. The van der Waals surface area contributed by atoms with Crippen molar-refractivity contribution < 1.29 is 68.1 Å². The van der Waals surface area contributed by atoms with Crippen molar-refractivity contribution >= 4 is 27.7 Å². The summed E-state index contributed by atoms with van der Waals surface area (Å²) in [4.78, 5) is 37.6. The second-order valence-electron chi connectivity index (χ2n) is 11.1. The monoisotopic (exact) mass is 691 g/mol. The molecule has 3 aromatic rings. The van der Waals surface area contributed by atoms with Gasteiger partial charge in [-0.25, -0.2) is 26.8 Å². The summed E-state index contributed by atoms with van der Waals surface area (Å²) in [7, 11) is -4.77. The van der Waals surface area contributed by atoms with Crippen molar-refractivity contribution in [2.45, 2.75) is 53.0 Å². The van der Waals surface area contributed by atoms with E-state index in [1.807, 2.05) is 0 Å². The number of likely N-dealkylation sites (tertiary alicyclic amines) is 1. The van der Waals surface area contributed by atoms with Crippen LogP contribution in [0.5, 0.6) is 0 Å². The topological polar surface area (TPSA) is 129 Å². The summed E-state index contributed by atoms with van der Waals surface area (Å²) in [6, 6.07) is 5.65. The molecule has 0 unspecified atom stereocenters. The fourth-order valence-corrected chi connectivity index (χ4v) is 8.83. The van der Waals surface area contributed by atoms with Crippen molar-refractivity contribution in [3.8, 4) is 0 Å². The number of carbonyl (C=O) groups is 3. The summed E-state index contributed by atoms with van der Waals surface area (Å²) in [6.07, 6.45) is -14.2. The Morgan fingerprint density at radius 2 is 1.32 bits per heavy atom. The standard InChI is InChI=1S/C30H21F8NO7S/c31-20-3-5-21(6-4-20)47(45,46)27-9-10-39(24(40)16-11-17(25(41)42)13-18(12-16)26(43)44)23(27)8-1-15-14-19(2-7-22(15)27)28(32,29(33,34)35)30(36,37)38/h2-7,11-14,23H,1,8-10H2,(H,41,42)(H,43,44)/t23-,27-/m0/s1. The molecule has 17 heteroatoms. The Morgan fingerprint density at radius 1 is 0.787 bits per heavy atom. The number of fused-ring (bicyclic) bond motifs is 3. The molecule has 1 fully saturated rings. The normalized spacial score (nSPS) is 20.0. The van der Waals surface area contributed by atoms with E-state index in [9.17, 15) is 63.7 Å². The van der Waals surface area contributed by atoms with E-state index in [1.165, 1.54) is 0 Å². The van der Waals surface area contributed by atoms with E-state index >= 15 is 4.39 Å². The molecule has 0 saturated carbocycles. The van der Waals surface area contributed by atoms with E-state index in [2.05, 4.69) is 0 Å². The maximum atomic E-state index is 15.0. The highest BCUT2D eigenvalue weighted by molar-refractivity contribution is 7.92. The zero-order valence-corrected chi connectivity index (χ0v) is 24.3. The van der Waals surface area contributed by atoms with E-state index < -0.39 is 109 Å². The molecule has 1 saturated heterocycles. The van der Waals surface area contributed by atoms with Crippen molar-refractivity contribution in [2.24, 2.45) is 0 Å². The number of benzene rings is 3. The minimum absolute atomic E-state index is 0.185. The largest absolute Gasteiger partial charge is 0.478 e. The quantitative estimate of drug-likeness (QED) is 0.238. The second-order valence-corrected chi connectivity index (χ2v) is 13.3. The minimum atomic E-state index is -6.44. The first-order valence-corrected chi connectivity index (χ1v) is 15.0.